The molecule has 1 aromatic rings. The van der Waals surface area contributed by atoms with Crippen LogP contribution in [-0.4, -0.2) is 22.9 Å². The second-order valence-electron chi connectivity index (χ2n) is 4.11. The van der Waals surface area contributed by atoms with Crippen LogP contribution < -0.4 is 4.74 Å². The molecule has 1 aliphatic carbocycles. The summed E-state index contributed by atoms with van der Waals surface area (Å²) in [7, 11) is 1.28. The standard InChI is InChI=1S/C11H12ClFO3/c1-16-10-7(12)4-6(9(14)8(10)13)5-11(15)2-3-11/h4,14-15H,2-3,5H2,1H3. The summed E-state index contributed by atoms with van der Waals surface area (Å²) in [5.74, 6) is -1.55. The fourth-order valence-electron chi connectivity index (χ4n) is 1.64. The maximum atomic E-state index is 13.6. The summed E-state index contributed by atoms with van der Waals surface area (Å²) in [6, 6.07) is 1.43. The molecule has 5 heteroatoms. The first-order valence-corrected chi connectivity index (χ1v) is 5.31. The Balaban J connectivity index is 2.39. The highest BCUT2D eigenvalue weighted by molar-refractivity contribution is 6.32. The lowest BCUT2D eigenvalue weighted by molar-refractivity contribution is 0.149. The van der Waals surface area contributed by atoms with Gasteiger partial charge in [-0.25, -0.2) is 0 Å². The molecule has 1 fully saturated rings. The highest BCUT2D eigenvalue weighted by Gasteiger charge is 2.41. The van der Waals surface area contributed by atoms with Crippen molar-refractivity contribution in [2.45, 2.75) is 24.9 Å². The fraction of sp³-hybridized carbons (Fsp3) is 0.455. The van der Waals surface area contributed by atoms with Crippen molar-refractivity contribution in [3.8, 4) is 11.5 Å². The molecule has 0 atom stereocenters. The van der Waals surface area contributed by atoms with E-state index in [1.807, 2.05) is 0 Å². The number of benzene rings is 1. The topological polar surface area (TPSA) is 49.7 Å². The van der Waals surface area contributed by atoms with Crippen molar-refractivity contribution in [1.82, 2.24) is 0 Å². The Morgan fingerprint density at radius 2 is 2.19 bits per heavy atom. The van der Waals surface area contributed by atoms with Gasteiger partial charge in [-0.3, -0.25) is 0 Å². The number of hydrogen-bond donors (Lipinski definition) is 2. The average molecular weight is 247 g/mol. The van der Waals surface area contributed by atoms with Gasteiger partial charge in [-0.1, -0.05) is 11.6 Å². The third-order valence-electron chi connectivity index (χ3n) is 2.78. The van der Waals surface area contributed by atoms with Crippen molar-refractivity contribution in [1.29, 1.82) is 0 Å². The first kappa shape index (κ1) is 11.5. The average Bonchev–Trinajstić information content (AvgIpc) is 2.93. The van der Waals surface area contributed by atoms with Gasteiger partial charge in [-0.2, -0.15) is 4.39 Å². The third kappa shape index (κ3) is 1.95. The van der Waals surface area contributed by atoms with Crippen molar-refractivity contribution >= 4 is 11.6 Å². The van der Waals surface area contributed by atoms with Gasteiger partial charge in [-0.15, -0.1) is 0 Å². The summed E-state index contributed by atoms with van der Waals surface area (Å²) >= 11 is 5.80. The van der Waals surface area contributed by atoms with E-state index < -0.39 is 17.2 Å². The maximum absolute atomic E-state index is 13.6. The molecular weight excluding hydrogens is 235 g/mol. The summed E-state index contributed by atoms with van der Waals surface area (Å²) in [5.41, 5.74) is -0.495. The Labute approximate surface area is 97.4 Å². The molecule has 1 saturated carbocycles. The molecule has 0 aliphatic heterocycles. The van der Waals surface area contributed by atoms with Crippen molar-refractivity contribution < 1.29 is 19.3 Å². The van der Waals surface area contributed by atoms with Crippen LogP contribution in [0.1, 0.15) is 18.4 Å². The van der Waals surface area contributed by atoms with Gasteiger partial charge in [0.2, 0.25) is 5.82 Å². The van der Waals surface area contributed by atoms with Crippen molar-refractivity contribution in [3.05, 3.63) is 22.5 Å². The van der Waals surface area contributed by atoms with Gasteiger partial charge in [0.05, 0.1) is 17.7 Å². The summed E-state index contributed by atoms with van der Waals surface area (Å²) < 4.78 is 18.3. The molecule has 2 N–H and O–H groups in total. The smallest absolute Gasteiger partial charge is 0.208 e. The number of phenols is 1. The molecule has 3 nitrogen and oxygen atoms in total. The van der Waals surface area contributed by atoms with Crippen molar-refractivity contribution in [3.63, 3.8) is 0 Å². The summed E-state index contributed by atoms with van der Waals surface area (Å²) in [6.45, 7) is 0. The fourth-order valence-corrected chi connectivity index (χ4v) is 1.93. The number of rotatable bonds is 3. The molecule has 0 radical (unpaired) electrons. The van der Waals surface area contributed by atoms with E-state index in [4.69, 9.17) is 16.3 Å². The van der Waals surface area contributed by atoms with Crippen LogP contribution in [0.25, 0.3) is 0 Å². The Morgan fingerprint density at radius 1 is 1.56 bits per heavy atom. The number of phenolic OH excluding ortho intramolecular Hbond substituents is 1. The van der Waals surface area contributed by atoms with Crippen LogP contribution in [0.15, 0.2) is 6.07 Å². The number of aliphatic hydroxyl groups is 1. The summed E-state index contributed by atoms with van der Waals surface area (Å²) in [5, 5.41) is 19.4. The van der Waals surface area contributed by atoms with Crippen molar-refractivity contribution in [2.75, 3.05) is 7.11 Å². The van der Waals surface area contributed by atoms with E-state index in [0.29, 0.717) is 18.4 Å². The van der Waals surface area contributed by atoms with Gasteiger partial charge >= 0.3 is 0 Å². The molecule has 0 heterocycles. The minimum atomic E-state index is -0.880. The molecule has 0 saturated heterocycles. The Kier molecular flexibility index (Phi) is 2.72. The molecular formula is C11H12ClFO3. The second kappa shape index (κ2) is 3.79. The zero-order valence-electron chi connectivity index (χ0n) is 8.76. The second-order valence-corrected chi connectivity index (χ2v) is 4.52. The van der Waals surface area contributed by atoms with E-state index in [1.165, 1.54) is 13.2 Å². The van der Waals surface area contributed by atoms with Crippen LogP contribution in [0.5, 0.6) is 11.5 Å². The summed E-state index contributed by atoms with van der Waals surface area (Å²) in [6.07, 6.45) is 1.54. The number of halogens is 2. The van der Waals surface area contributed by atoms with Gasteiger partial charge in [0.15, 0.2) is 11.5 Å². The highest BCUT2D eigenvalue weighted by atomic mass is 35.5. The Hall–Kier alpha value is -1.00. The molecule has 1 aliphatic rings. The van der Waals surface area contributed by atoms with E-state index in [2.05, 4.69) is 0 Å². The molecule has 0 amide bonds. The minimum Gasteiger partial charge on any atom is -0.505 e. The lowest BCUT2D eigenvalue weighted by Crippen LogP contribution is -2.11. The minimum absolute atomic E-state index is 0.0945. The van der Waals surface area contributed by atoms with E-state index in [9.17, 15) is 14.6 Å². The van der Waals surface area contributed by atoms with Crippen LogP contribution >= 0.6 is 11.6 Å². The van der Waals surface area contributed by atoms with Crippen LogP contribution in [0.4, 0.5) is 4.39 Å². The predicted octanol–water partition coefficient (Wildman–Crippen LogP) is 2.26. The van der Waals surface area contributed by atoms with E-state index >= 15 is 0 Å². The largest absolute Gasteiger partial charge is 0.505 e. The molecule has 0 bridgehead atoms. The molecule has 88 valence electrons. The van der Waals surface area contributed by atoms with Crippen LogP contribution in [0.2, 0.25) is 5.02 Å². The quantitative estimate of drug-likeness (QED) is 0.860. The van der Waals surface area contributed by atoms with E-state index in [-0.39, 0.29) is 17.2 Å². The first-order valence-electron chi connectivity index (χ1n) is 4.93. The normalized spacial score (nSPS) is 17.2. The lowest BCUT2D eigenvalue weighted by atomic mass is 10.0. The molecule has 0 unspecified atom stereocenters. The Morgan fingerprint density at radius 3 is 2.69 bits per heavy atom. The molecule has 16 heavy (non-hydrogen) atoms. The van der Waals surface area contributed by atoms with Crippen LogP contribution in [-0.2, 0) is 6.42 Å². The van der Waals surface area contributed by atoms with Gasteiger partial charge in [-0.05, 0) is 18.9 Å². The molecule has 0 spiro atoms. The lowest BCUT2D eigenvalue weighted by Gasteiger charge is -2.13. The van der Waals surface area contributed by atoms with Gasteiger partial charge < -0.3 is 14.9 Å². The number of aromatic hydroxyl groups is 1. The van der Waals surface area contributed by atoms with Crippen molar-refractivity contribution in [2.24, 2.45) is 0 Å². The molecule has 0 aromatic heterocycles. The zero-order valence-corrected chi connectivity index (χ0v) is 9.51. The van der Waals surface area contributed by atoms with Crippen LogP contribution in [0.3, 0.4) is 0 Å². The Bertz CT molecular complexity index is 430. The maximum Gasteiger partial charge on any atom is 0.208 e. The molecule has 1 aromatic carbocycles. The zero-order chi connectivity index (χ0) is 11.9. The van der Waals surface area contributed by atoms with Gasteiger partial charge in [0.25, 0.3) is 0 Å². The predicted molar refractivity (Wildman–Crippen MR) is 57.5 cm³/mol. The van der Waals surface area contributed by atoms with Gasteiger partial charge in [0.1, 0.15) is 0 Å². The van der Waals surface area contributed by atoms with E-state index in [0.717, 1.165) is 0 Å². The van der Waals surface area contributed by atoms with Gasteiger partial charge in [0, 0.05) is 12.0 Å². The number of ether oxygens (including phenoxy) is 1. The number of methoxy groups -OCH3 is 1. The van der Waals surface area contributed by atoms with Crippen LogP contribution in [0, 0.1) is 5.82 Å². The SMILES string of the molecule is COc1c(Cl)cc(CC2(O)CC2)c(O)c1F. The first-order chi connectivity index (χ1) is 7.47. The summed E-state index contributed by atoms with van der Waals surface area (Å²) in [4.78, 5) is 0. The highest BCUT2D eigenvalue weighted by Crippen LogP contribution is 2.43. The monoisotopic (exact) mass is 246 g/mol. The van der Waals surface area contributed by atoms with E-state index in [1.54, 1.807) is 0 Å². The number of hydrogen-bond acceptors (Lipinski definition) is 3. The third-order valence-corrected chi connectivity index (χ3v) is 3.06. The molecule has 2 rings (SSSR count).